The fourth-order valence-electron chi connectivity index (χ4n) is 1.99. The molecule has 0 fully saturated rings. The standard InChI is InChI=1S/C13H20O2.C7H7F/c1-10(2)13(14)11(3)15-9-12-7-5-4-6-8-12;1-6-4-2-3-5-7(6)8/h4-8,10-11,13-14H,9H2,1-3H3;2-5H,1H3. The lowest BCUT2D eigenvalue weighted by Gasteiger charge is -2.22. The monoisotopic (exact) mass is 318 g/mol. The molecule has 2 aromatic rings. The summed E-state index contributed by atoms with van der Waals surface area (Å²) in [7, 11) is 0. The van der Waals surface area contributed by atoms with Gasteiger partial charge in [-0.15, -0.1) is 0 Å². The molecule has 2 nitrogen and oxygen atoms in total. The van der Waals surface area contributed by atoms with Gasteiger partial charge in [-0.1, -0.05) is 62.4 Å². The van der Waals surface area contributed by atoms with Crippen molar-refractivity contribution in [2.24, 2.45) is 5.92 Å². The minimum absolute atomic E-state index is 0.120. The first-order chi connectivity index (χ1) is 10.9. The van der Waals surface area contributed by atoms with Crippen LogP contribution in [-0.4, -0.2) is 17.3 Å². The summed E-state index contributed by atoms with van der Waals surface area (Å²) in [6, 6.07) is 16.7. The minimum atomic E-state index is -0.395. The third-order valence-corrected chi connectivity index (χ3v) is 3.60. The fraction of sp³-hybridized carbons (Fsp3) is 0.400. The van der Waals surface area contributed by atoms with E-state index in [-0.39, 0.29) is 17.8 Å². The van der Waals surface area contributed by atoms with Gasteiger partial charge in [0.05, 0.1) is 18.8 Å². The van der Waals surface area contributed by atoms with Crippen LogP contribution in [-0.2, 0) is 11.3 Å². The van der Waals surface area contributed by atoms with Gasteiger partial charge in [-0.3, -0.25) is 0 Å². The van der Waals surface area contributed by atoms with Crippen LogP contribution >= 0.6 is 0 Å². The number of hydrogen-bond donors (Lipinski definition) is 1. The van der Waals surface area contributed by atoms with Crippen molar-refractivity contribution < 1.29 is 14.2 Å². The summed E-state index contributed by atoms with van der Waals surface area (Å²) in [5, 5.41) is 9.75. The van der Waals surface area contributed by atoms with E-state index in [2.05, 4.69) is 0 Å². The zero-order valence-corrected chi connectivity index (χ0v) is 14.4. The van der Waals surface area contributed by atoms with Crippen LogP contribution in [0, 0.1) is 18.7 Å². The molecular formula is C20H27FO2. The zero-order chi connectivity index (χ0) is 17.2. The second-order valence-electron chi connectivity index (χ2n) is 5.99. The molecule has 2 atom stereocenters. The van der Waals surface area contributed by atoms with E-state index in [0.717, 1.165) is 5.56 Å². The molecule has 0 saturated carbocycles. The van der Waals surface area contributed by atoms with E-state index in [9.17, 15) is 9.50 Å². The summed E-state index contributed by atoms with van der Waals surface area (Å²) in [6.07, 6.45) is -0.515. The van der Waals surface area contributed by atoms with Gasteiger partial charge in [0.15, 0.2) is 0 Å². The number of aryl methyl sites for hydroxylation is 1. The molecule has 2 rings (SSSR count). The number of rotatable bonds is 5. The van der Waals surface area contributed by atoms with E-state index in [4.69, 9.17) is 4.74 Å². The number of hydrogen-bond acceptors (Lipinski definition) is 2. The van der Waals surface area contributed by atoms with Crippen LogP contribution in [0.3, 0.4) is 0 Å². The molecule has 1 N–H and O–H groups in total. The molecule has 2 aromatic carbocycles. The molecule has 0 saturated heterocycles. The second-order valence-corrected chi connectivity index (χ2v) is 5.99. The minimum Gasteiger partial charge on any atom is -0.390 e. The zero-order valence-electron chi connectivity index (χ0n) is 14.4. The molecule has 23 heavy (non-hydrogen) atoms. The van der Waals surface area contributed by atoms with E-state index in [1.165, 1.54) is 6.07 Å². The molecule has 0 aliphatic rings. The van der Waals surface area contributed by atoms with Gasteiger partial charge in [0.25, 0.3) is 0 Å². The quantitative estimate of drug-likeness (QED) is 0.862. The predicted molar refractivity (Wildman–Crippen MR) is 92.7 cm³/mol. The number of aliphatic hydroxyl groups excluding tert-OH is 1. The van der Waals surface area contributed by atoms with Crippen molar-refractivity contribution in [3.8, 4) is 0 Å². The van der Waals surface area contributed by atoms with E-state index in [0.29, 0.717) is 12.2 Å². The van der Waals surface area contributed by atoms with Crippen LogP contribution < -0.4 is 0 Å². The highest BCUT2D eigenvalue weighted by Crippen LogP contribution is 2.11. The third-order valence-electron chi connectivity index (χ3n) is 3.60. The van der Waals surface area contributed by atoms with Crippen molar-refractivity contribution in [2.75, 3.05) is 0 Å². The fourth-order valence-corrected chi connectivity index (χ4v) is 1.99. The maximum Gasteiger partial charge on any atom is 0.126 e. The molecule has 3 heteroatoms. The van der Waals surface area contributed by atoms with Gasteiger partial charge in [-0.2, -0.15) is 0 Å². The lowest BCUT2D eigenvalue weighted by Crippen LogP contribution is -2.30. The van der Waals surface area contributed by atoms with Crippen LogP contribution in [0.2, 0.25) is 0 Å². The van der Waals surface area contributed by atoms with Crippen molar-refractivity contribution in [1.82, 2.24) is 0 Å². The van der Waals surface area contributed by atoms with Crippen LogP contribution in [0.25, 0.3) is 0 Å². The number of halogens is 1. The third kappa shape index (κ3) is 7.40. The molecule has 0 aromatic heterocycles. The molecule has 0 heterocycles. The van der Waals surface area contributed by atoms with E-state index >= 15 is 0 Å². The molecule has 0 bridgehead atoms. The van der Waals surface area contributed by atoms with Crippen LogP contribution in [0.1, 0.15) is 31.9 Å². The Hall–Kier alpha value is -1.71. The summed E-state index contributed by atoms with van der Waals surface area (Å²) in [6.45, 7) is 8.20. The lowest BCUT2D eigenvalue weighted by molar-refractivity contribution is -0.0533. The normalized spacial score (nSPS) is 13.2. The highest BCUT2D eigenvalue weighted by molar-refractivity contribution is 5.14. The van der Waals surface area contributed by atoms with Gasteiger partial charge < -0.3 is 9.84 Å². The molecule has 0 aliphatic carbocycles. The lowest BCUT2D eigenvalue weighted by atomic mass is 10.0. The molecule has 0 radical (unpaired) electrons. The molecule has 0 spiro atoms. The highest BCUT2D eigenvalue weighted by atomic mass is 19.1. The largest absolute Gasteiger partial charge is 0.390 e. The van der Waals surface area contributed by atoms with Crippen molar-refractivity contribution >= 4 is 0 Å². The summed E-state index contributed by atoms with van der Waals surface area (Å²) in [5.41, 5.74) is 1.84. The topological polar surface area (TPSA) is 29.5 Å². The first-order valence-corrected chi connectivity index (χ1v) is 7.96. The smallest absolute Gasteiger partial charge is 0.126 e. The summed E-state index contributed by atoms with van der Waals surface area (Å²) in [4.78, 5) is 0. The average Bonchev–Trinajstić information content (AvgIpc) is 2.56. The molecule has 0 amide bonds. The van der Waals surface area contributed by atoms with Crippen LogP contribution in [0.4, 0.5) is 4.39 Å². The predicted octanol–water partition coefficient (Wildman–Crippen LogP) is 4.74. The highest BCUT2D eigenvalue weighted by Gasteiger charge is 2.17. The van der Waals surface area contributed by atoms with Crippen molar-refractivity contribution in [3.63, 3.8) is 0 Å². The van der Waals surface area contributed by atoms with E-state index in [1.54, 1.807) is 19.1 Å². The second kappa shape index (κ2) is 10.1. The van der Waals surface area contributed by atoms with Gasteiger partial charge in [0.2, 0.25) is 0 Å². The maximum absolute atomic E-state index is 12.3. The molecule has 2 unspecified atom stereocenters. The first kappa shape index (κ1) is 19.3. The van der Waals surface area contributed by atoms with Crippen LogP contribution in [0.5, 0.6) is 0 Å². The first-order valence-electron chi connectivity index (χ1n) is 7.96. The van der Waals surface area contributed by atoms with Crippen molar-refractivity contribution in [3.05, 3.63) is 71.5 Å². The Labute approximate surface area is 138 Å². The van der Waals surface area contributed by atoms with Gasteiger partial charge in [0, 0.05) is 0 Å². The van der Waals surface area contributed by atoms with Crippen molar-refractivity contribution in [1.29, 1.82) is 0 Å². The van der Waals surface area contributed by atoms with E-state index in [1.807, 2.05) is 57.2 Å². The Balaban J connectivity index is 0.000000277. The average molecular weight is 318 g/mol. The Morgan fingerprint density at radius 2 is 1.52 bits per heavy atom. The van der Waals surface area contributed by atoms with E-state index < -0.39 is 6.10 Å². The Morgan fingerprint density at radius 1 is 0.957 bits per heavy atom. The maximum atomic E-state index is 12.3. The van der Waals surface area contributed by atoms with Crippen LogP contribution in [0.15, 0.2) is 54.6 Å². The van der Waals surface area contributed by atoms with Gasteiger partial charge in [-0.25, -0.2) is 4.39 Å². The Bertz CT molecular complexity index is 534. The number of ether oxygens (including phenoxy) is 1. The summed E-state index contributed by atoms with van der Waals surface area (Å²) in [5.74, 6) is 0.100. The van der Waals surface area contributed by atoms with Gasteiger partial charge in [0.1, 0.15) is 5.82 Å². The van der Waals surface area contributed by atoms with Gasteiger partial charge >= 0.3 is 0 Å². The van der Waals surface area contributed by atoms with Crippen molar-refractivity contribution in [2.45, 2.75) is 46.5 Å². The number of aliphatic hydroxyl groups is 1. The summed E-state index contributed by atoms with van der Waals surface area (Å²) < 4.78 is 17.9. The van der Waals surface area contributed by atoms with Gasteiger partial charge in [-0.05, 0) is 37.0 Å². The SMILES string of the molecule is CC(C)C(O)C(C)OCc1ccccc1.Cc1ccccc1F. The number of benzene rings is 2. The Morgan fingerprint density at radius 3 is 2.00 bits per heavy atom. The molecular weight excluding hydrogens is 291 g/mol. The Kier molecular flexibility index (Phi) is 8.52. The molecule has 126 valence electrons. The molecule has 0 aliphatic heterocycles. The summed E-state index contributed by atoms with van der Waals surface area (Å²) >= 11 is 0.